The number of benzene rings is 3. The van der Waals surface area contributed by atoms with Gasteiger partial charge < -0.3 is 44.3 Å². The minimum Gasteiger partial charge on any atom is -0.497 e. The van der Waals surface area contributed by atoms with Crippen molar-refractivity contribution < 1.29 is 48.0 Å². The first-order chi connectivity index (χ1) is 23.3. The first-order valence-electron chi connectivity index (χ1n) is 15.3. The number of carbonyl (C=O) groups is 4. The van der Waals surface area contributed by atoms with Crippen molar-refractivity contribution in [3.8, 4) is 28.7 Å². The van der Waals surface area contributed by atoms with Crippen LogP contribution in [-0.4, -0.2) is 105 Å². The number of fused-ring (bicyclic) bond motifs is 8. The second-order valence-corrected chi connectivity index (χ2v) is 11.2. The Morgan fingerprint density at radius 1 is 1.00 bits per heavy atom. The van der Waals surface area contributed by atoms with Crippen LogP contribution in [0.2, 0.25) is 0 Å². The molecule has 0 saturated carbocycles. The number of nitrogens with one attached hydrogen (secondary N) is 2. The van der Waals surface area contributed by atoms with Crippen LogP contribution in [0.5, 0.6) is 28.7 Å². The zero-order valence-corrected chi connectivity index (χ0v) is 26.7. The third-order valence-corrected chi connectivity index (χ3v) is 8.10. The van der Waals surface area contributed by atoms with E-state index in [1.807, 2.05) is 30.3 Å². The maximum Gasteiger partial charge on any atom is 0.290 e. The summed E-state index contributed by atoms with van der Waals surface area (Å²) in [6.07, 6.45) is -0.543. The first kappa shape index (κ1) is 33.9. The molecule has 4 aliphatic heterocycles. The van der Waals surface area contributed by atoms with Crippen LogP contribution < -0.4 is 34.3 Å². The quantitative estimate of drug-likeness (QED) is 0.348. The molecule has 1 fully saturated rings. The van der Waals surface area contributed by atoms with Crippen LogP contribution in [0.15, 0.2) is 60.7 Å². The van der Waals surface area contributed by atoms with Gasteiger partial charge in [0, 0.05) is 55.0 Å². The highest BCUT2D eigenvalue weighted by Crippen LogP contribution is 2.29. The van der Waals surface area contributed by atoms with Gasteiger partial charge in [0.15, 0.2) is 6.61 Å². The molecule has 0 spiro atoms. The summed E-state index contributed by atoms with van der Waals surface area (Å²) < 4.78 is 28.9. The van der Waals surface area contributed by atoms with E-state index >= 15 is 0 Å². The number of hydrogen-bond donors (Lipinski definition) is 3. The first-order valence-corrected chi connectivity index (χ1v) is 15.3. The van der Waals surface area contributed by atoms with Crippen molar-refractivity contribution in [3.05, 3.63) is 77.4 Å². The fourth-order valence-electron chi connectivity index (χ4n) is 5.71. The van der Waals surface area contributed by atoms with E-state index in [9.17, 15) is 14.4 Å². The number of rotatable bonds is 4. The standard InChI is InChI=1S/C33H36N4O8.CH2O2/c1-41-25-11-23-12-26(13-25)44-20-31(38)34-15-21-7-8-24(14-29(21)42-2)45-30-18-37(17-27(30)35-33(23)40)32(39)19-36-9-10-43-28-6-4-3-5-22(28)16-36;2-1-3/h3-8,11-14,27,30H,9-10,15-20H2,1-2H3,(H,34,38)(H,35,40);1H,(H,2,3)/t27-,30-;/m0./s1. The number of para-hydroxylation sites is 1. The molecule has 0 unspecified atom stereocenters. The molecule has 4 bridgehead atoms. The summed E-state index contributed by atoms with van der Waals surface area (Å²) in [7, 11) is 3.03. The molecule has 0 aromatic heterocycles. The summed E-state index contributed by atoms with van der Waals surface area (Å²) in [5.41, 5.74) is 2.07. The van der Waals surface area contributed by atoms with Crippen molar-refractivity contribution in [1.29, 1.82) is 0 Å². The van der Waals surface area contributed by atoms with Crippen molar-refractivity contribution in [2.24, 2.45) is 0 Å². The Morgan fingerprint density at radius 2 is 1.81 bits per heavy atom. The summed E-state index contributed by atoms with van der Waals surface area (Å²) in [5, 5.41) is 12.8. The Kier molecular flexibility index (Phi) is 11.2. The average molecular weight is 663 g/mol. The SMILES string of the molecule is COc1cc2cc(c1)C(=O)N[C@H]1CN(C(=O)CN3CCOc4ccccc4C3)C[C@@H]1Oc1ccc(c(OC)c1)CNC(=O)CO2.O=CO. The van der Waals surface area contributed by atoms with Crippen molar-refractivity contribution in [2.75, 3.05) is 53.6 Å². The Hall–Kier alpha value is -5.50. The van der Waals surface area contributed by atoms with Gasteiger partial charge in [0.1, 0.15) is 41.5 Å². The van der Waals surface area contributed by atoms with Gasteiger partial charge >= 0.3 is 0 Å². The highest BCUT2D eigenvalue weighted by molar-refractivity contribution is 5.95. The predicted molar refractivity (Wildman–Crippen MR) is 171 cm³/mol. The van der Waals surface area contributed by atoms with Crippen LogP contribution >= 0.6 is 0 Å². The molecule has 3 aromatic carbocycles. The smallest absolute Gasteiger partial charge is 0.290 e. The lowest BCUT2D eigenvalue weighted by molar-refractivity contribution is -0.132. The van der Waals surface area contributed by atoms with Crippen LogP contribution in [0, 0.1) is 0 Å². The van der Waals surface area contributed by atoms with E-state index < -0.39 is 18.1 Å². The zero-order valence-electron chi connectivity index (χ0n) is 26.7. The number of carboxylic acid groups (broad SMARTS) is 1. The van der Waals surface area contributed by atoms with Crippen molar-refractivity contribution >= 4 is 24.2 Å². The Bertz CT molecular complexity index is 1630. The van der Waals surface area contributed by atoms with Gasteiger partial charge in [0.25, 0.3) is 18.3 Å². The maximum absolute atomic E-state index is 13.6. The fraction of sp³-hybridized carbons (Fsp3) is 0.353. The Labute approximate surface area is 277 Å². The van der Waals surface area contributed by atoms with Gasteiger partial charge in [0.2, 0.25) is 5.91 Å². The molecule has 254 valence electrons. The summed E-state index contributed by atoms with van der Waals surface area (Å²) >= 11 is 0. The van der Waals surface area contributed by atoms with Crippen LogP contribution in [0.25, 0.3) is 0 Å². The minimum atomic E-state index is -0.543. The van der Waals surface area contributed by atoms with E-state index in [2.05, 4.69) is 15.5 Å². The van der Waals surface area contributed by atoms with Gasteiger partial charge in [-0.3, -0.25) is 24.1 Å². The van der Waals surface area contributed by atoms with Crippen LogP contribution in [0.1, 0.15) is 21.5 Å². The van der Waals surface area contributed by atoms with Crippen molar-refractivity contribution in [1.82, 2.24) is 20.4 Å². The van der Waals surface area contributed by atoms with E-state index in [4.69, 9.17) is 33.6 Å². The van der Waals surface area contributed by atoms with E-state index in [0.29, 0.717) is 42.7 Å². The van der Waals surface area contributed by atoms with Gasteiger partial charge in [-0.25, -0.2) is 0 Å². The topological polar surface area (TPSA) is 165 Å². The predicted octanol–water partition coefficient (Wildman–Crippen LogP) is 1.70. The average Bonchev–Trinajstić information content (AvgIpc) is 3.36. The minimum absolute atomic E-state index is 0.0670. The summed E-state index contributed by atoms with van der Waals surface area (Å²) in [6, 6.07) is 17.4. The molecule has 14 heteroatoms. The molecule has 0 radical (unpaired) electrons. The van der Waals surface area contributed by atoms with E-state index in [-0.39, 0.29) is 56.6 Å². The third kappa shape index (κ3) is 8.45. The van der Waals surface area contributed by atoms with Gasteiger partial charge in [-0.15, -0.1) is 0 Å². The normalized spacial score (nSPS) is 19.2. The highest BCUT2D eigenvalue weighted by atomic mass is 16.5. The van der Waals surface area contributed by atoms with Crippen molar-refractivity contribution in [2.45, 2.75) is 25.2 Å². The number of methoxy groups -OCH3 is 2. The van der Waals surface area contributed by atoms with Crippen LogP contribution in [-0.2, 0) is 27.5 Å². The molecule has 4 aliphatic rings. The monoisotopic (exact) mass is 662 g/mol. The highest BCUT2D eigenvalue weighted by Gasteiger charge is 2.39. The molecule has 3 aromatic rings. The van der Waals surface area contributed by atoms with E-state index in [0.717, 1.165) is 16.9 Å². The van der Waals surface area contributed by atoms with Crippen LogP contribution in [0.3, 0.4) is 0 Å². The van der Waals surface area contributed by atoms with Gasteiger partial charge in [-0.2, -0.15) is 0 Å². The van der Waals surface area contributed by atoms with Gasteiger partial charge in [0.05, 0.1) is 33.4 Å². The number of nitrogens with zero attached hydrogens (tertiary/aromatic N) is 2. The molecule has 3 amide bonds. The van der Waals surface area contributed by atoms with Gasteiger partial charge in [-0.05, 0) is 30.3 Å². The second-order valence-electron chi connectivity index (χ2n) is 11.2. The summed E-state index contributed by atoms with van der Waals surface area (Å²) in [4.78, 5) is 51.9. The zero-order chi connectivity index (χ0) is 34.0. The van der Waals surface area contributed by atoms with E-state index in [1.54, 1.807) is 42.3 Å². The van der Waals surface area contributed by atoms with Crippen molar-refractivity contribution in [3.63, 3.8) is 0 Å². The third-order valence-electron chi connectivity index (χ3n) is 8.10. The van der Waals surface area contributed by atoms with Gasteiger partial charge in [-0.1, -0.05) is 18.2 Å². The molecule has 1 saturated heterocycles. The fourth-order valence-corrected chi connectivity index (χ4v) is 5.71. The molecule has 3 N–H and O–H groups in total. The second kappa shape index (κ2) is 15.9. The lowest BCUT2D eigenvalue weighted by Crippen LogP contribution is -2.45. The summed E-state index contributed by atoms with van der Waals surface area (Å²) in [5.74, 6) is 1.79. The molecular weight excluding hydrogens is 624 g/mol. The maximum atomic E-state index is 13.6. The molecule has 48 heavy (non-hydrogen) atoms. The molecule has 4 heterocycles. The summed E-state index contributed by atoms with van der Waals surface area (Å²) in [6.45, 7) is 2.15. The number of amides is 3. The lowest BCUT2D eigenvalue weighted by atomic mass is 10.1. The molecule has 14 nitrogen and oxygen atoms in total. The lowest BCUT2D eigenvalue weighted by Gasteiger charge is -2.23. The molecule has 7 rings (SSSR count). The van der Waals surface area contributed by atoms with Crippen LogP contribution in [0.4, 0.5) is 0 Å². The largest absolute Gasteiger partial charge is 0.497 e. The number of ether oxygens (including phenoxy) is 5. The molecule has 0 aliphatic carbocycles. The number of carbonyl (C=O) groups excluding carboxylic acids is 3. The molecule has 2 atom stereocenters. The Morgan fingerprint density at radius 3 is 2.60 bits per heavy atom. The molecular formula is C34H38N4O10. The number of likely N-dealkylation sites (tertiary alicyclic amines) is 1. The van der Waals surface area contributed by atoms with E-state index in [1.165, 1.54) is 7.11 Å². The Balaban J connectivity index is 0.00000145. The number of hydrogen-bond acceptors (Lipinski definition) is 10.